The molecular weight excluding hydrogens is 570 g/mol. The van der Waals surface area contributed by atoms with Crippen molar-refractivity contribution in [1.29, 1.82) is 0 Å². The van der Waals surface area contributed by atoms with Crippen LogP contribution in [0.4, 0.5) is 5.69 Å². The predicted octanol–water partition coefficient (Wildman–Crippen LogP) is 5.37. The number of carbonyl (C=O) groups is 1. The van der Waals surface area contributed by atoms with Crippen molar-refractivity contribution in [3.8, 4) is 17.1 Å². The van der Waals surface area contributed by atoms with E-state index < -0.39 is 16.9 Å². The molecule has 0 spiro atoms. The lowest BCUT2D eigenvalue weighted by Gasteiger charge is -2.26. The molecule has 5 rings (SSSR count). The van der Waals surface area contributed by atoms with Gasteiger partial charge in [-0.1, -0.05) is 29.5 Å². The van der Waals surface area contributed by atoms with Crippen LogP contribution in [-0.4, -0.2) is 28.2 Å². The number of nitrogens with zero attached hydrogens (tertiary/aromatic N) is 3. The zero-order valence-electron chi connectivity index (χ0n) is 24.7. The van der Waals surface area contributed by atoms with Crippen LogP contribution in [0.3, 0.4) is 0 Å². The predicted molar refractivity (Wildman–Crippen MR) is 163 cm³/mol. The number of hydrogen-bond donors (Lipinski definition) is 0. The van der Waals surface area contributed by atoms with Gasteiger partial charge in [0.2, 0.25) is 0 Å². The number of benzene rings is 2. The molecule has 0 bridgehead atoms. The Labute approximate surface area is 251 Å². The molecule has 2 aromatic carbocycles. The van der Waals surface area contributed by atoms with Crippen LogP contribution in [0.1, 0.15) is 56.2 Å². The first kappa shape index (κ1) is 29.7. The van der Waals surface area contributed by atoms with Gasteiger partial charge in [0.25, 0.3) is 11.2 Å². The third kappa shape index (κ3) is 5.68. The lowest BCUT2D eigenvalue weighted by atomic mass is 9.95. The highest BCUT2D eigenvalue weighted by molar-refractivity contribution is 7.07. The molecule has 1 unspecified atom stereocenters. The molecule has 0 fully saturated rings. The van der Waals surface area contributed by atoms with Gasteiger partial charge in [0.1, 0.15) is 23.3 Å². The summed E-state index contributed by atoms with van der Waals surface area (Å²) in [5.74, 6) is 0.633. The lowest BCUT2D eigenvalue weighted by molar-refractivity contribution is -0.384. The minimum absolute atomic E-state index is 0.0624. The second-order valence-electron chi connectivity index (χ2n) is 10.4. The number of ether oxygens (including phenoxy) is 2. The van der Waals surface area contributed by atoms with E-state index in [4.69, 9.17) is 13.9 Å². The summed E-state index contributed by atoms with van der Waals surface area (Å²) in [6, 6.07) is 13.0. The minimum atomic E-state index is -0.835. The number of aromatic nitrogens is 1. The van der Waals surface area contributed by atoms with Crippen molar-refractivity contribution in [2.45, 2.75) is 53.7 Å². The number of thiazole rings is 1. The summed E-state index contributed by atoms with van der Waals surface area (Å²) in [7, 11) is 0. The highest BCUT2D eigenvalue weighted by Gasteiger charge is 2.35. The number of rotatable bonds is 8. The van der Waals surface area contributed by atoms with E-state index in [9.17, 15) is 19.7 Å². The fourth-order valence-electron chi connectivity index (χ4n) is 5.01. The number of nitro groups is 1. The Kier molecular flexibility index (Phi) is 8.19. The van der Waals surface area contributed by atoms with Crippen LogP contribution in [0, 0.1) is 24.0 Å². The molecule has 1 aliphatic rings. The van der Waals surface area contributed by atoms with Gasteiger partial charge in [-0.05, 0) is 76.9 Å². The van der Waals surface area contributed by atoms with Gasteiger partial charge in [-0.3, -0.25) is 19.5 Å². The van der Waals surface area contributed by atoms with Crippen LogP contribution < -0.4 is 19.6 Å². The van der Waals surface area contributed by atoms with E-state index in [2.05, 4.69) is 4.99 Å². The monoisotopic (exact) mass is 601 g/mol. The molecule has 0 saturated heterocycles. The van der Waals surface area contributed by atoms with Crippen molar-refractivity contribution >= 4 is 29.1 Å². The molecular formula is C32H31N3O7S. The molecule has 0 radical (unpaired) electrons. The first-order chi connectivity index (χ1) is 20.5. The maximum Gasteiger partial charge on any atom is 0.338 e. The number of hydrogen-bond acceptors (Lipinski definition) is 9. The normalized spacial score (nSPS) is 15.0. The van der Waals surface area contributed by atoms with Crippen molar-refractivity contribution < 1.29 is 23.6 Å². The SMILES string of the molecule is CCOC(=O)C1=C(C)N=c2s/c(=C\c3ccc(-c4cc(C)c(C)cc4[N+](=O)[O-])o3)c(=O)n2C1c1ccccc1OC(C)C. The van der Waals surface area contributed by atoms with Crippen LogP contribution in [-0.2, 0) is 9.53 Å². The van der Waals surface area contributed by atoms with E-state index in [1.54, 1.807) is 44.2 Å². The van der Waals surface area contributed by atoms with Crippen molar-refractivity contribution in [2.75, 3.05) is 6.61 Å². The molecule has 1 atom stereocenters. The standard InChI is InChI=1S/C32H31N3O7S/c1-7-40-31(37)28-20(6)33-32-34(29(28)22-10-8-9-11-25(22)41-17(2)3)30(36)27(43-32)16-21-12-13-26(42-21)23-14-18(4)19(5)15-24(23)35(38)39/h8-17,29H,7H2,1-6H3/b27-16-. The quantitative estimate of drug-likeness (QED) is 0.151. The third-order valence-corrected chi connectivity index (χ3v) is 8.05. The maximum atomic E-state index is 14.0. The van der Waals surface area contributed by atoms with Crippen molar-refractivity contribution in [3.63, 3.8) is 0 Å². The summed E-state index contributed by atoms with van der Waals surface area (Å²) in [6.45, 7) is 11.1. The first-order valence-corrected chi connectivity index (χ1v) is 14.6. The molecule has 0 amide bonds. The zero-order valence-corrected chi connectivity index (χ0v) is 25.5. The summed E-state index contributed by atoms with van der Waals surface area (Å²) < 4.78 is 19.3. The van der Waals surface area contributed by atoms with E-state index in [0.29, 0.717) is 43.4 Å². The molecule has 4 aromatic rings. The number of nitro benzene ring substituents is 1. The maximum absolute atomic E-state index is 14.0. The minimum Gasteiger partial charge on any atom is -0.491 e. The van der Waals surface area contributed by atoms with Gasteiger partial charge < -0.3 is 13.9 Å². The van der Waals surface area contributed by atoms with Gasteiger partial charge in [0, 0.05) is 17.7 Å². The second-order valence-corrected chi connectivity index (χ2v) is 11.4. The van der Waals surface area contributed by atoms with Gasteiger partial charge in [-0.25, -0.2) is 9.79 Å². The van der Waals surface area contributed by atoms with E-state index in [-0.39, 0.29) is 29.5 Å². The van der Waals surface area contributed by atoms with Gasteiger partial charge in [0.05, 0.1) is 39.0 Å². The Bertz CT molecular complexity index is 1960. The Morgan fingerprint density at radius 2 is 1.88 bits per heavy atom. The van der Waals surface area contributed by atoms with Gasteiger partial charge >= 0.3 is 5.97 Å². The number of para-hydroxylation sites is 1. The molecule has 3 heterocycles. The molecule has 43 heavy (non-hydrogen) atoms. The Morgan fingerprint density at radius 3 is 2.58 bits per heavy atom. The average molecular weight is 602 g/mol. The number of esters is 1. The molecule has 0 saturated carbocycles. The van der Waals surface area contributed by atoms with Gasteiger partial charge in [-0.2, -0.15) is 0 Å². The number of furan rings is 1. The fourth-order valence-corrected chi connectivity index (χ4v) is 6.03. The number of fused-ring (bicyclic) bond motifs is 1. The topological polar surface area (TPSA) is 126 Å². The number of allylic oxidation sites excluding steroid dienone is 1. The van der Waals surface area contributed by atoms with E-state index in [1.165, 1.54) is 10.6 Å². The summed E-state index contributed by atoms with van der Waals surface area (Å²) >= 11 is 1.16. The highest BCUT2D eigenvalue weighted by atomic mass is 32.1. The van der Waals surface area contributed by atoms with Crippen molar-refractivity contribution in [2.24, 2.45) is 4.99 Å². The number of aryl methyl sites for hydroxylation is 2. The van der Waals surface area contributed by atoms with Gasteiger partial charge in [0.15, 0.2) is 4.80 Å². The highest BCUT2D eigenvalue weighted by Crippen LogP contribution is 2.37. The fraction of sp³-hybridized carbons (Fsp3) is 0.281. The summed E-state index contributed by atoms with van der Waals surface area (Å²) in [5.41, 5.74) is 2.93. The number of carbonyl (C=O) groups excluding carboxylic acids is 1. The molecule has 10 nitrogen and oxygen atoms in total. The Balaban J connectivity index is 1.67. The van der Waals surface area contributed by atoms with Gasteiger partial charge in [-0.15, -0.1) is 0 Å². The summed E-state index contributed by atoms with van der Waals surface area (Å²) in [4.78, 5) is 43.6. The van der Waals surface area contributed by atoms with Crippen molar-refractivity contribution in [1.82, 2.24) is 4.57 Å². The summed E-state index contributed by atoms with van der Waals surface area (Å²) in [6.07, 6.45) is 1.44. The van der Waals surface area contributed by atoms with Crippen molar-refractivity contribution in [3.05, 3.63) is 112 Å². The largest absolute Gasteiger partial charge is 0.491 e. The van der Waals surface area contributed by atoms with Crippen LogP contribution in [0.25, 0.3) is 17.4 Å². The second kappa shape index (κ2) is 11.8. The van der Waals surface area contributed by atoms with Crippen LogP contribution >= 0.6 is 11.3 Å². The first-order valence-electron chi connectivity index (χ1n) is 13.8. The molecule has 0 aliphatic carbocycles. The average Bonchev–Trinajstić information content (AvgIpc) is 3.53. The van der Waals surface area contributed by atoms with Crippen LogP contribution in [0.2, 0.25) is 0 Å². The zero-order chi connectivity index (χ0) is 31.0. The van der Waals surface area contributed by atoms with E-state index in [1.807, 2.05) is 45.9 Å². The van der Waals surface area contributed by atoms with Crippen LogP contribution in [0.5, 0.6) is 5.75 Å². The van der Waals surface area contributed by atoms with E-state index in [0.717, 1.165) is 22.5 Å². The molecule has 0 N–H and O–H groups in total. The lowest BCUT2D eigenvalue weighted by Crippen LogP contribution is -2.40. The third-order valence-electron chi connectivity index (χ3n) is 7.07. The van der Waals surface area contributed by atoms with Crippen LogP contribution in [0.15, 0.2) is 74.0 Å². The molecule has 1 aliphatic heterocycles. The summed E-state index contributed by atoms with van der Waals surface area (Å²) in [5, 5.41) is 11.7. The smallest absolute Gasteiger partial charge is 0.338 e. The molecule has 2 aromatic heterocycles. The Morgan fingerprint density at radius 1 is 1.16 bits per heavy atom. The Hall–Kier alpha value is -4.77. The molecule has 222 valence electrons. The molecule has 11 heteroatoms. The van der Waals surface area contributed by atoms with E-state index >= 15 is 0 Å².